The van der Waals surface area contributed by atoms with Gasteiger partial charge < -0.3 is 10.5 Å². The number of anilines is 1. The topological polar surface area (TPSA) is 35.2 Å². The van der Waals surface area contributed by atoms with E-state index in [1.807, 2.05) is 0 Å². The highest BCUT2D eigenvalue weighted by Gasteiger charge is 2.33. The Kier molecular flexibility index (Phi) is 4.45. The summed E-state index contributed by atoms with van der Waals surface area (Å²) in [5.41, 5.74) is 4.29. The minimum absolute atomic E-state index is 0.0124. The molecule has 2 N–H and O–H groups in total. The zero-order chi connectivity index (χ0) is 14.8. The summed E-state index contributed by atoms with van der Waals surface area (Å²) in [7, 11) is 0. The van der Waals surface area contributed by atoms with Crippen molar-refractivity contribution in [3.8, 4) is 5.75 Å². The van der Waals surface area contributed by atoms with Crippen LogP contribution in [0.1, 0.15) is 44.6 Å². The highest BCUT2D eigenvalue weighted by Crippen LogP contribution is 2.37. The van der Waals surface area contributed by atoms with Gasteiger partial charge in [0.2, 0.25) is 0 Å². The molecule has 1 aromatic rings. The number of ether oxygens (including phenoxy) is 1. The number of rotatable bonds is 3. The molecular formula is C15H20F3NO. The van der Waals surface area contributed by atoms with Crippen molar-refractivity contribution in [1.29, 1.82) is 0 Å². The number of nitrogens with two attached hydrogens (primary N) is 1. The lowest BCUT2D eigenvalue weighted by atomic mass is 9.85. The number of alkyl halides is 3. The van der Waals surface area contributed by atoms with Crippen LogP contribution in [0.5, 0.6) is 5.75 Å². The Bertz CT molecular complexity index is 459. The van der Waals surface area contributed by atoms with Crippen molar-refractivity contribution in [3.05, 3.63) is 23.8 Å². The molecule has 112 valence electrons. The fourth-order valence-corrected chi connectivity index (χ4v) is 2.77. The molecule has 0 bridgehead atoms. The van der Waals surface area contributed by atoms with Crippen molar-refractivity contribution >= 4 is 5.69 Å². The summed E-state index contributed by atoms with van der Waals surface area (Å²) in [6.45, 7) is 2.14. The molecule has 1 aliphatic carbocycles. The Balaban J connectivity index is 2.10. The molecule has 0 aromatic heterocycles. The molecule has 5 heteroatoms. The van der Waals surface area contributed by atoms with Gasteiger partial charge in [0.15, 0.2) is 0 Å². The first-order valence-electron chi connectivity index (χ1n) is 7.03. The summed E-state index contributed by atoms with van der Waals surface area (Å²) in [4.78, 5) is 0. The Labute approximate surface area is 117 Å². The molecule has 1 aliphatic rings. The predicted molar refractivity (Wildman–Crippen MR) is 72.5 cm³/mol. The summed E-state index contributed by atoms with van der Waals surface area (Å²) >= 11 is 0. The van der Waals surface area contributed by atoms with E-state index in [-0.39, 0.29) is 17.5 Å². The summed E-state index contributed by atoms with van der Waals surface area (Å²) < 4.78 is 44.1. The number of hydrogen-bond donors (Lipinski definition) is 1. The quantitative estimate of drug-likeness (QED) is 0.822. The smallest absolute Gasteiger partial charge is 0.418 e. The average Bonchev–Trinajstić information content (AvgIpc) is 2.40. The zero-order valence-electron chi connectivity index (χ0n) is 11.5. The van der Waals surface area contributed by atoms with Crippen molar-refractivity contribution in [2.75, 3.05) is 5.73 Å². The third kappa shape index (κ3) is 3.58. The molecule has 0 heterocycles. The van der Waals surface area contributed by atoms with Crippen LogP contribution in [0.3, 0.4) is 0 Å². The van der Waals surface area contributed by atoms with E-state index in [1.54, 1.807) is 0 Å². The first-order valence-corrected chi connectivity index (χ1v) is 7.03. The Morgan fingerprint density at radius 3 is 2.70 bits per heavy atom. The van der Waals surface area contributed by atoms with Crippen LogP contribution in [0.2, 0.25) is 0 Å². The molecule has 0 saturated heterocycles. The molecule has 20 heavy (non-hydrogen) atoms. The van der Waals surface area contributed by atoms with Gasteiger partial charge in [-0.2, -0.15) is 13.2 Å². The predicted octanol–water partition coefficient (Wildman–Crippen LogP) is 4.64. The standard InChI is InChI=1S/C15H20F3NO/c1-2-10-4-3-5-11(8-10)20-12-6-7-14(19)13(9-12)15(16,17)18/h6-7,9-11H,2-5,8,19H2,1H3. The van der Waals surface area contributed by atoms with Crippen molar-refractivity contribution in [3.63, 3.8) is 0 Å². The highest BCUT2D eigenvalue weighted by atomic mass is 19.4. The second-order valence-electron chi connectivity index (χ2n) is 5.43. The van der Waals surface area contributed by atoms with Crippen molar-refractivity contribution in [2.45, 2.75) is 51.3 Å². The molecule has 2 atom stereocenters. The van der Waals surface area contributed by atoms with Crippen molar-refractivity contribution < 1.29 is 17.9 Å². The van der Waals surface area contributed by atoms with E-state index in [2.05, 4.69) is 6.92 Å². The number of hydrogen-bond acceptors (Lipinski definition) is 2. The summed E-state index contributed by atoms with van der Waals surface area (Å²) in [5.74, 6) is 0.873. The van der Waals surface area contributed by atoms with Crippen LogP contribution < -0.4 is 10.5 Å². The molecular weight excluding hydrogens is 267 g/mol. The molecule has 1 saturated carbocycles. The van der Waals surface area contributed by atoms with Gasteiger partial charge in [0, 0.05) is 5.69 Å². The van der Waals surface area contributed by atoms with Gasteiger partial charge in [0.25, 0.3) is 0 Å². The lowest BCUT2D eigenvalue weighted by Gasteiger charge is -2.29. The summed E-state index contributed by atoms with van der Waals surface area (Å²) in [6.07, 6.45) is 0.747. The van der Waals surface area contributed by atoms with Crippen LogP contribution in [0.4, 0.5) is 18.9 Å². The molecule has 0 radical (unpaired) electrons. The highest BCUT2D eigenvalue weighted by molar-refractivity contribution is 5.52. The van der Waals surface area contributed by atoms with E-state index in [1.165, 1.54) is 18.6 Å². The fraction of sp³-hybridized carbons (Fsp3) is 0.600. The minimum Gasteiger partial charge on any atom is -0.490 e. The second-order valence-corrected chi connectivity index (χ2v) is 5.43. The number of halogens is 3. The molecule has 2 unspecified atom stereocenters. The lowest BCUT2D eigenvalue weighted by molar-refractivity contribution is -0.137. The first kappa shape index (κ1) is 15.0. The molecule has 0 spiro atoms. The van der Waals surface area contributed by atoms with Gasteiger partial charge in [-0.25, -0.2) is 0 Å². The first-order chi connectivity index (χ1) is 9.40. The SMILES string of the molecule is CCC1CCCC(Oc2ccc(N)c(C(F)(F)F)c2)C1. The Hall–Kier alpha value is -1.39. The van der Waals surface area contributed by atoms with Gasteiger partial charge in [0.1, 0.15) is 5.75 Å². The van der Waals surface area contributed by atoms with Gasteiger partial charge in [-0.3, -0.25) is 0 Å². The monoisotopic (exact) mass is 287 g/mol. The number of benzene rings is 1. The molecule has 1 fully saturated rings. The molecule has 2 rings (SSSR count). The third-order valence-electron chi connectivity index (χ3n) is 3.94. The van der Waals surface area contributed by atoms with Gasteiger partial charge in [-0.1, -0.05) is 19.8 Å². The maximum Gasteiger partial charge on any atom is 0.418 e. The Morgan fingerprint density at radius 1 is 1.30 bits per heavy atom. The van der Waals surface area contributed by atoms with E-state index in [9.17, 15) is 13.2 Å². The third-order valence-corrected chi connectivity index (χ3v) is 3.94. The van der Waals surface area contributed by atoms with Crippen LogP contribution in [0.15, 0.2) is 18.2 Å². The molecule has 2 nitrogen and oxygen atoms in total. The van der Waals surface area contributed by atoms with E-state index < -0.39 is 11.7 Å². The van der Waals surface area contributed by atoms with Crippen molar-refractivity contribution in [1.82, 2.24) is 0 Å². The normalized spacial score (nSPS) is 23.6. The zero-order valence-corrected chi connectivity index (χ0v) is 11.5. The maximum absolute atomic E-state index is 12.8. The largest absolute Gasteiger partial charge is 0.490 e. The molecule has 1 aromatic carbocycles. The van der Waals surface area contributed by atoms with E-state index >= 15 is 0 Å². The van der Waals surface area contributed by atoms with E-state index in [4.69, 9.17) is 10.5 Å². The van der Waals surface area contributed by atoms with Crippen LogP contribution in [0, 0.1) is 5.92 Å². The summed E-state index contributed by atoms with van der Waals surface area (Å²) in [6, 6.07) is 3.78. The van der Waals surface area contributed by atoms with Gasteiger partial charge >= 0.3 is 6.18 Å². The van der Waals surface area contributed by atoms with Gasteiger partial charge in [-0.05, 0) is 43.4 Å². The van der Waals surface area contributed by atoms with Crippen LogP contribution in [0.25, 0.3) is 0 Å². The Morgan fingerprint density at radius 2 is 2.05 bits per heavy atom. The maximum atomic E-state index is 12.8. The fourth-order valence-electron chi connectivity index (χ4n) is 2.77. The van der Waals surface area contributed by atoms with E-state index in [0.717, 1.165) is 31.7 Å². The average molecular weight is 287 g/mol. The van der Waals surface area contributed by atoms with E-state index in [0.29, 0.717) is 5.92 Å². The van der Waals surface area contributed by atoms with Crippen LogP contribution in [-0.2, 0) is 6.18 Å². The molecule has 0 aliphatic heterocycles. The minimum atomic E-state index is -4.44. The van der Waals surface area contributed by atoms with Crippen LogP contribution >= 0.6 is 0 Å². The lowest BCUT2D eigenvalue weighted by Crippen LogP contribution is -2.25. The van der Waals surface area contributed by atoms with Crippen molar-refractivity contribution in [2.24, 2.45) is 5.92 Å². The van der Waals surface area contributed by atoms with Gasteiger partial charge in [0.05, 0.1) is 11.7 Å². The number of nitrogen functional groups attached to an aromatic ring is 1. The second kappa shape index (κ2) is 5.94. The summed E-state index contributed by atoms with van der Waals surface area (Å²) in [5, 5.41) is 0. The van der Waals surface area contributed by atoms with Gasteiger partial charge in [-0.15, -0.1) is 0 Å². The molecule has 0 amide bonds. The van der Waals surface area contributed by atoms with Crippen LogP contribution in [-0.4, -0.2) is 6.10 Å².